The van der Waals surface area contributed by atoms with Crippen molar-refractivity contribution in [2.24, 2.45) is 0 Å². The molecule has 2 aromatic carbocycles. The van der Waals surface area contributed by atoms with Gasteiger partial charge >= 0.3 is 0 Å². The summed E-state index contributed by atoms with van der Waals surface area (Å²) in [6.45, 7) is 2.09. The standard InChI is InChI=1S/C19H23NO2/c1-20-12-11-19(18(14-20)15-7-4-3-5-8-15)22-17-10-6-9-16(13-17)21-2/h3-10,13,18-19H,11-12,14H2,1-2H3. The molecule has 2 unspecified atom stereocenters. The molecule has 2 aromatic rings. The fraction of sp³-hybridized carbons (Fsp3) is 0.368. The van der Waals surface area contributed by atoms with Gasteiger partial charge < -0.3 is 14.4 Å². The number of hydrogen-bond acceptors (Lipinski definition) is 3. The predicted octanol–water partition coefficient (Wildman–Crippen LogP) is 3.56. The highest BCUT2D eigenvalue weighted by atomic mass is 16.5. The Bertz CT molecular complexity index is 599. The van der Waals surface area contributed by atoms with Gasteiger partial charge in [0.2, 0.25) is 0 Å². The van der Waals surface area contributed by atoms with Crippen molar-refractivity contribution in [2.45, 2.75) is 18.4 Å². The van der Waals surface area contributed by atoms with Crippen LogP contribution in [0.4, 0.5) is 0 Å². The smallest absolute Gasteiger partial charge is 0.123 e. The SMILES string of the molecule is COc1cccc(OC2CCN(C)CC2c2ccccc2)c1. The Morgan fingerprint density at radius 2 is 1.77 bits per heavy atom. The third-order valence-corrected chi connectivity index (χ3v) is 4.31. The van der Waals surface area contributed by atoms with E-state index in [-0.39, 0.29) is 6.10 Å². The molecule has 3 rings (SSSR count). The number of likely N-dealkylation sites (N-methyl/N-ethyl adjacent to an activating group) is 1. The van der Waals surface area contributed by atoms with Crippen molar-refractivity contribution in [3.05, 3.63) is 60.2 Å². The topological polar surface area (TPSA) is 21.7 Å². The van der Waals surface area contributed by atoms with Crippen LogP contribution in [0, 0.1) is 0 Å². The Labute approximate surface area is 132 Å². The van der Waals surface area contributed by atoms with E-state index in [1.54, 1.807) is 7.11 Å². The third-order valence-electron chi connectivity index (χ3n) is 4.31. The highest BCUT2D eigenvalue weighted by molar-refractivity contribution is 5.33. The first kappa shape index (κ1) is 14.9. The van der Waals surface area contributed by atoms with Gasteiger partial charge in [0.15, 0.2) is 0 Å². The van der Waals surface area contributed by atoms with Gasteiger partial charge in [0.05, 0.1) is 7.11 Å². The maximum Gasteiger partial charge on any atom is 0.123 e. The number of methoxy groups -OCH3 is 1. The molecule has 0 aliphatic carbocycles. The summed E-state index contributed by atoms with van der Waals surface area (Å²) in [6, 6.07) is 18.5. The van der Waals surface area contributed by atoms with E-state index < -0.39 is 0 Å². The summed E-state index contributed by atoms with van der Waals surface area (Å²) in [5, 5.41) is 0. The molecule has 0 amide bonds. The van der Waals surface area contributed by atoms with Gasteiger partial charge in [-0.1, -0.05) is 36.4 Å². The lowest BCUT2D eigenvalue weighted by atomic mass is 9.88. The van der Waals surface area contributed by atoms with Gasteiger partial charge in [0.25, 0.3) is 0 Å². The van der Waals surface area contributed by atoms with E-state index >= 15 is 0 Å². The van der Waals surface area contributed by atoms with E-state index in [1.807, 2.05) is 24.3 Å². The second-order valence-corrected chi connectivity index (χ2v) is 5.90. The molecule has 0 spiro atoms. The highest BCUT2D eigenvalue weighted by Gasteiger charge is 2.30. The van der Waals surface area contributed by atoms with Gasteiger partial charge in [0.1, 0.15) is 17.6 Å². The minimum Gasteiger partial charge on any atom is -0.497 e. The molecule has 1 fully saturated rings. The number of benzene rings is 2. The Hall–Kier alpha value is -2.00. The molecule has 0 aromatic heterocycles. The fourth-order valence-electron chi connectivity index (χ4n) is 3.10. The molecule has 22 heavy (non-hydrogen) atoms. The molecule has 1 aliphatic heterocycles. The van der Waals surface area contributed by atoms with E-state index in [4.69, 9.17) is 9.47 Å². The van der Waals surface area contributed by atoms with Crippen LogP contribution >= 0.6 is 0 Å². The van der Waals surface area contributed by atoms with Crippen LogP contribution in [0.3, 0.4) is 0 Å². The van der Waals surface area contributed by atoms with E-state index in [9.17, 15) is 0 Å². The zero-order valence-corrected chi connectivity index (χ0v) is 13.2. The lowest BCUT2D eigenvalue weighted by molar-refractivity contribution is 0.0900. The van der Waals surface area contributed by atoms with Crippen LogP contribution in [-0.2, 0) is 0 Å². The summed E-state index contributed by atoms with van der Waals surface area (Å²) in [7, 11) is 3.86. The summed E-state index contributed by atoms with van der Waals surface area (Å²) >= 11 is 0. The molecule has 2 atom stereocenters. The maximum atomic E-state index is 6.31. The van der Waals surface area contributed by atoms with Crippen LogP contribution in [0.2, 0.25) is 0 Å². The lowest BCUT2D eigenvalue weighted by Gasteiger charge is -2.37. The summed E-state index contributed by atoms with van der Waals surface area (Å²) < 4.78 is 11.6. The lowest BCUT2D eigenvalue weighted by Crippen LogP contribution is -2.42. The third kappa shape index (κ3) is 3.42. The molecule has 3 nitrogen and oxygen atoms in total. The number of rotatable bonds is 4. The maximum absolute atomic E-state index is 6.31. The monoisotopic (exact) mass is 297 g/mol. The van der Waals surface area contributed by atoms with Crippen LogP contribution in [0.1, 0.15) is 17.9 Å². The average molecular weight is 297 g/mol. The van der Waals surface area contributed by atoms with Crippen LogP contribution < -0.4 is 9.47 Å². The van der Waals surface area contributed by atoms with Crippen molar-refractivity contribution in [1.82, 2.24) is 4.90 Å². The van der Waals surface area contributed by atoms with Crippen molar-refractivity contribution in [2.75, 3.05) is 27.2 Å². The quantitative estimate of drug-likeness (QED) is 0.861. The first-order chi connectivity index (χ1) is 10.8. The summed E-state index contributed by atoms with van der Waals surface area (Å²) in [5.41, 5.74) is 1.35. The number of hydrogen-bond donors (Lipinski definition) is 0. The van der Waals surface area contributed by atoms with Gasteiger partial charge in [-0.25, -0.2) is 0 Å². The Balaban J connectivity index is 1.80. The average Bonchev–Trinajstić information content (AvgIpc) is 2.57. The minimum absolute atomic E-state index is 0.200. The number of nitrogens with zero attached hydrogens (tertiary/aromatic N) is 1. The van der Waals surface area contributed by atoms with E-state index in [2.05, 4.69) is 42.3 Å². The normalized spacial score (nSPS) is 22.3. The Morgan fingerprint density at radius 3 is 2.55 bits per heavy atom. The molecule has 0 radical (unpaired) electrons. The number of likely N-dealkylation sites (tertiary alicyclic amines) is 1. The first-order valence-electron chi connectivity index (χ1n) is 7.80. The van der Waals surface area contributed by atoms with Crippen LogP contribution in [0.15, 0.2) is 54.6 Å². The molecule has 1 aliphatic rings. The van der Waals surface area contributed by atoms with Crippen LogP contribution in [-0.4, -0.2) is 38.3 Å². The van der Waals surface area contributed by atoms with Gasteiger partial charge in [-0.3, -0.25) is 0 Å². The molecular weight excluding hydrogens is 274 g/mol. The molecule has 0 saturated carbocycles. The second kappa shape index (κ2) is 6.84. The van der Waals surface area contributed by atoms with E-state index in [0.717, 1.165) is 31.0 Å². The van der Waals surface area contributed by atoms with E-state index in [1.165, 1.54) is 5.56 Å². The van der Waals surface area contributed by atoms with Crippen molar-refractivity contribution in [3.8, 4) is 11.5 Å². The zero-order valence-electron chi connectivity index (χ0n) is 13.2. The number of piperidine rings is 1. The molecular formula is C19H23NO2. The molecule has 1 saturated heterocycles. The van der Waals surface area contributed by atoms with Crippen molar-refractivity contribution in [1.29, 1.82) is 0 Å². The van der Waals surface area contributed by atoms with E-state index in [0.29, 0.717) is 5.92 Å². The van der Waals surface area contributed by atoms with Gasteiger partial charge in [-0.05, 0) is 31.2 Å². The highest BCUT2D eigenvalue weighted by Crippen LogP contribution is 2.31. The van der Waals surface area contributed by atoms with Crippen LogP contribution in [0.5, 0.6) is 11.5 Å². The largest absolute Gasteiger partial charge is 0.497 e. The Kier molecular flexibility index (Phi) is 4.64. The minimum atomic E-state index is 0.200. The van der Waals surface area contributed by atoms with Gasteiger partial charge in [0, 0.05) is 25.1 Å². The molecule has 3 heteroatoms. The molecule has 1 heterocycles. The van der Waals surface area contributed by atoms with Crippen molar-refractivity contribution >= 4 is 0 Å². The zero-order chi connectivity index (χ0) is 15.4. The van der Waals surface area contributed by atoms with Gasteiger partial charge in [-0.2, -0.15) is 0 Å². The summed E-state index contributed by atoms with van der Waals surface area (Å²) in [5.74, 6) is 2.11. The van der Waals surface area contributed by atoms with Crippen molar-refractivity contribution < 1.29 is 9.47 Å². The molecule has 0 N–H and O–H groups in total. The summed E-state index contributed by atoms with van der Waals surface area (Å²) in [4.78, 5) is 2.38. The summed E-state index contributed by atoms with van der Waals surface area (Å²) in [6.07, 6.45) is 1.23. The number of ether oxygens (including phenoxy) is 2. The second-order valence-electron chi connectivity index (χ2n) is 5.90. The van der Waals surface area contributed by atoms with Gasteiger partial charge in [-0.15, -0.1) is 0 Å². The predicted molar refractivity (Wildman–Crippen MR) is 88.7 cm³/mol. The van der Waals surface area contributed by atoms with Crippen LogP contribution in [0.25, 0.3) is 0 Å². The fourth-order valence-corrected chi connectivity index (χ4v) is 3.10. The molecule has 0 bridgehead atoms. The Morgan fingerprint density at radius 1 is 1.00 bits per heavy atom. The first-order valence-corrected chi connectivity index (χ1v) is 7.80. The van der Waals surface area contributed by atoms with Crippen molar-refractivity contribution in [3.63, 3.8) is 0 Å². The molecule has 116 valence electrons.